The van der Waals surface area contributed by atoms with Crippen molar-refractivity contribution in [1.82, 2.24) is 0 Å². The van der Waals surface area contributed by atoms with E-state index < -0.39 is 5.97 Å². The standard InChI is InChI=1S/C22H44O3/c1-2-3-4-5-6-7-8-9-10-12-15-18-21(23)19-16-13-11-14-17-20-22(24)25/h21,23H,2-20H2,1H3,(H,24,25)/t21-/m1/s1. The first-order valence-corrected chi connectivity index (χ1v) is 11.1. The molecule has 0 aliphatic heterocycles. The second-order valence-electron chi connectivity index (χ2n) is 7.68. The van der Waals surface area contributed by atoms with Gasteiger partial charge in [0.05, 0.1) is 6.10 Å². The summed E-state index contributed by atoms with van der Waals surface area (Å²) in [5, 5.41) is 18.5. The zero-order valence-electron chi connectivity index (χ0n) is 16.8. The van der Waals surface area contributed by atoms with Gasteiger partial charge in [0.2, 0.25) is 0 Å². The van der Waals surface area contributed by atoms with Gasteiger partial charge in [-0.1, -0.05) is 103 Å². The molecule has 0 aromatic carbocycles. The topological polar surface area (TPSA) is 57.5 Å². The molecule has 25 heavy (non-hydrogen) atoms. The number of aliphatic hydroxyl groups excluding tert-OH is 1. The predicted octanol–water partition coefficient (Wildman–Crippen LogP) is 6.86. The average Bonchev–Trinajstić information content (AvgIpc) is 2.58. The van der Waals surface area contributed by atoms with Crippen molar-refractivity contribution in [1.29, 1.82) is 0 Å². The molecule has 0 aliphatic carbocycles. The third-order valence-electron chi connectivity index (χ3n) is 5.07. The lowest BCUT2D eigenvalue weighted by Gasteiger charge is -2.10. The van der Waals surface area contributed by atoms with Gasteiger partial charge in [-0.2, -0.15) is 0 Å². The Morgan fingerprint density at radius 1 is 0.640 bits per heavy atom. The number of unbranched alkanes of at least 4 members (excludes halogenated alkanes) is 14. The van der Waals surface area contributed by atoms with E-state index in [2.05, 4.69) is 6.92 Å². The molecule has 0 spiro atoms. The minimum absolute atomic E-state index is 0.127. The highest BCUT2D eigenvalue weighted by Crippen LogP contribution is 2.15. The Balaban J connectivity index is 3.15. The fraction of sp³-hybridized carbons (Fsp3) is 0.955. The molecule has 0 saturated carbocycles. The van der Waals surface area contributed by atoms with Crippen LogP contribution in [0, 0.1) is 0 Å². The molecule has 0 heterocycles. The van der Waals surface area contributed by atoms with Crippen LogP contribution in [0.5, 0.6) is 0 Å². The molecule has 0 amide bonds. The quantitative estimate of drug-likeness (QED) is 0.234. The van der Waals surface area contributed by atoms with Gasteiger partial charge in [-0.15, -0.1) is 0 Å². The van der Waals surface area contributed by atoms with Gasteiger partial charge < -0.3 is 10.2 Å². The van der Waals surface area contributed by atoms with E-state index in [4.69, 9.17) is 5.11 Å². The number of hydrogen-bond acceptors (Lipinski definition) is 2. The molecule has 0 rings (SSSR count). The van der Waals surface area contributed by atoms with E-state index in [0.717, 1.165) is 51.4 Å². The summed E-state index contributed by atoms with van der Waals surface area (Å²) in [5.74, 6) is -0.692. The second-order valence-corrected chi connectivity index (χ2v) is 7.68. The predicted molar refractivity (Wildman–Crippen MR) is 107 cm³/mol. The fourth-order valence-corrected chi connectivity index (χ4v) is 3.38. The fourth-order valence-electron chi connectivity index (χ4n) is 3.38. The average molecular weight is 357 g/mol. The van der Waals surface area contributed by atoms with Crippen molar-refractivity contribution in [2.75, 3.05) is 0 Å². The van der Waals surface area contributed by atoms with Crippen LogP contribution in [0.4, 0.5) is 0 Å². The molecule has 0 unspecified atom stereocenters. The molecule has 3 heteroatoms. The van der Waals surface area contributed by atoms with E-state index in [9.17, 15) is 9.90 Å². The summed E-state index contributed by atoms with van der Waals surface area (Å²) in [5.41, 5.74) is 0. The Morgan fingerprint density at radius 3 is 1.40 bits per heavy atom. The number of carboxylic acids is 1. The van der Waals surface area contributed by atoms with Gasteiger partial charge in [0.1, 0.15) is 0 Å². The van der Waals surface area contributed by atoms with Crippen LogP contribution in [0.2, 0.25) is 0 Å². The number of carbonyl (C=O) groups is 1. The maximum absolute atomic E-state index is 10.4. The van der Waals surface area contributed by atoms with Crippen LogP contribution in [0.25, 0.3) is 0 Å². The number of rotatable bonds is 20. The molecule has 150 valence electrons. The largest absolute Gasteiger partial charge is 0.481 e. The molecule has 0 aromatic heterocycles. The molecule has 3 nitrogen and oxygen atoms in total. The molecule has 0 aromatic rings. The van der Waals surface area contributed by atoms with Crippen molar-refractivity contribution in [3.05, 3.63) is 0 Å². The summed E-state index contributed by atoms with van der Waals surface area (Å²) in [7, 11) is 0. The van der Waals surface area contributed by atoms with Gasteiger partial charge in [-0.05, 0) is 19.3 Å². The Morgan fingerprint density at radius 2 is 1.00 bits per heavy atom. The monoisotopic (exact) mass is 356 g/mol. The zero-order chi connectivity index (χ0) is 18.6. The first-order valence-electron chi connectivity index (χ1n) is 11.1. The molecule has 0 bridgehead atoms. The normalized spacial score (nSPS) is 12.4. The van der Waals surface area contributed by atoms with Gasteiger partial charge >= 0.3 is 5.97 Å². The van der Waals surface area contributed by atoms with Crippen LogP contribution in [0.15, 0.2) is 0 Å². The smallest absolute Gasteiger partial charge is 0.303 e. The van der Waals surface area contributed by atoms with E-state index in [-0.39, 0.29) is 6.10 Å². The minimum Gasteiger partial charge on any atom is -0.481 e. The van der Waals surface area contributed by atoms with Crippen LogP contribution in [-0.4, -0.2) is 22.3 Å². The van der Waals surface area contributed by atoms with E-state index in [0.29, 0.717) is 6.42 Å². The lowest BCUT2D eigenvalue weighted by molar-refractivity contribution is -0.137. The lowest BCUT2D eigenvalue weighted by atomic mass is 10.0. The Hall–Kier alpha value is -0.570. The highest BCUT2D eigenvalue weighted by molar-refractivity contribution is 5.66. The lowest BCUT2D eigenvalue weighted by Crippen LogP contribution is -2.05. The summed E-state index contributed by atoms with van der Waals surface area (Å²) >= 11 is 0. The Labute approximate surface area is 156 Å². The number of aliphatic hydroxyl groups is 1. The maximum atomic E-state index is 10.4. The molecular weight excluding hydrogens is 312 g/mol. The SMILES string of the molecule is CCCCCCCCCCCCC[C@@H](O)CCCCCCCC(=O)O. The summed E-state index contributed by atoms with van der Waals surface area (Å²) in [6.07, 6.45) is 22.0. The van der Waals surface area contributed by atoms with Crippen molar-refractivity contribution in [2.45, 2.75) is 135 Å². The first kappa shape index (κ1) is 24.4. The van der Waals surface area contributed by atoms with Gasteiger partial charge in [-0.3, -0.25) is 4.79 Å². The number of carboxylic acid groups (broad SMARTS) is 1. The third kappa shape index (κ3) is 21.4. The van der Waals surface area contributed by atoms with Crippen molar-refractivity contribution in [3.63, 3.8) is 0 Å². The molecule has 2 N–H and O–H groups in total. The second kappa shape index (κ2) is 19.8. The van der Waals surface area contributed by atoms with Crippen LogP contribution < -0.4 is 0 Å². The van der Waals surface area contributed by atoms with Gasteiger partial charge in [-0.25, -0.2) is 0 Å². The Kier molecular flexibility index (Phi) is 19.3. The molecule has 0 radical (unpaired) electrons. The van der Waals surface area contributed by atoms with Crippen LogP contribution >= 0.6 is 0 Å². The number of aliphatic carboxylic acids is 1. The molecule has 0 saturated heterocycles. The Bertz CT molecular complexity index is 278. The van der Waals surface area contributed by atoms with Crippen molar-refractivity contribution in [2.24, 2.45) is 0 Å². The van der Waals surface area contributed by atoms with Crippen LogP contribution in [-0.2, 0) is 4.79 Å². The van der Waals surface area contributed by atoms with E-state index in [1.807, 2.05) is 0 Å². The van der Waals surface area contributed by atoms with Gasteiger partial charge in [0, 0.05) is 6.42 Å². The first-order chi connectivity index (χ1) is 12.2. The van der Waals surface area contributed by atoms with E-state index >= 15 is 0 Å². The highest BCUT2D eigenvalue weighted by atomic mass is 16.4. The summed E-state index contributed by atoms with van der Waals surface area (Å²) in [6, 6.07) is 0. The zero-order valence-corrected chi connectivity index (χ0v) is 16.8. The number of hydrogen-bond donors (Lipinski definition) is 2. The summed E-state index contributed by atoms with van der Waals surface area (Å²) in [4.78, 5) is 10.4. The maximum Gasteiger partial charge on any atom is 0.303 e. The van der Waals surface area contributed by atoms with E-state index in [1.54, 1.807) is 0 Å². The van der Waals surface area contributed by atoms with Crippen LogP contribution in [0.3, 0.4) is 0 Å². The van der Waals surface area contributed by atoms with Crippen molar-refractivity contribution >= 4 is 5.97 Å². The van der Waals surface area contributed by atoms with Crippen molar-refractivity contribution in [3.8, 4) is 0 Å². The molecule has 1 atom stereocenters. The summed E-state index contributed by atoms with van der Waals surface area (Å²) < 4.78 is 0. The highest BCUT2D eigenvalue weighted by Gasteiger charge is 2.04. The molecular formula is C22H44O3. The van der Waals surface area contributed by atoms with Crippen LogP contribution in [0.1, 0.15) is 129 Å². The minimum atomic E-state index is -0.692. The van der Waals surface area contributed by atoms with E-state index in [1.165, 1.54) is 64.2 Å². The van der Waals surface area contributed by atoms with Gasteiger partial charge in [0.25, 0.3) is 0 Å². The van der Waals surface area contributed by atoms with Crippen molar-refractivity contribution < 1.29 is 15.0 Å². The third-order valence-corrected chi connectivity index (χ3v) is 5.07. The molecule has 0 fully saturated rings. The summed E-state index contributed by atoms with van der Waals surface area (Å²) in [6.45, 7) is 2.27. The molecule has 0 aliphatic rings. The van der Waals surface area contributed by atoms with Gasteiger partial charge in [0.15, 0.2) is 0 Å².